The molecule has 2 aromatic rings. The smallest absolute Gasteiger partial charge is 0.240 e. The molecule has 124 valence electrons. The van der Waals surface area contributed by atoms with Gasteiger partial charge >= 0.3 is 0 Å². The van der Waals surface area contributed by atoms with Gasteiger partial charge in [-0.25, -0.2) is 4.68 Å². The maximum atomic E-state index is 12.2. The summed E-state index contributed by atoms with van der Waals surface area (Å²) in [5.74, 6) is 0.693. The van der Waals surface area contributed by atoms with Crippen molar-refractivity contribution in [1.82, 2.24) is 24.9 Å². The number of hydrogen-bond donors (Lipinski definition) is 1. The molecule has 0 radical (unpaired) electrons. The molecule has 1 saturated heterocycles. The number of amides is 1. The minimum Gasteiger partial charge on any atom is -0.481 e. The molecule has 0 aliphatic carbocycles. The van der Waals surface area contributed by atoms with Crippen LogP contribution in [0.1, 0.15) is 30.1 Å². The lowest BCUT2D eigenvalue weighted by molar-refractivity contribution is -0.117. The maximum absolute atomic E-state index is 12.2. The largest absolute Gasteiger partial charge is 0.481 e. The minimum absolute atomic E-state index is 0.0749. The zero-order valence-electron chi connectivity index (χ0n) is 13.4. The highest BCUT2D eigenvalue weighted by Crippen LogP contribution is 2.38. The first-order valence-corrected chi connectivity index (χ1v) is 8.35. The first-order chi connectivity index (χ1) is 11.1. The van der Waals surface area contributed by atoms with Crippen molar-refractivity contribution in [2.45, 2.75) is 25.8 Å². The molecule has 1 amide bonds. The van der Waals surface area contributed by atoms with Crippen LogP contribution in [0.3, 0.4) is 0 Å². The SMILES string of the molecule is COc1c([C@H]2CCCN2CC(=O)Nc2nncs2)c(C)nn1C. The number of carbonyl (C=O) groups is 1. The number of ether oxygens (including phenoxy) is 1. The van der Waals surface area contributed by atoms with Crippen LogP contribution in [0.2, 0.25) is 0 Å². The Morgan fingerprint density at radius 3 is 3.09 bits per heavy atom. The predicted octanol–water partition coefficient (Wildman–Crippen LogP) is 1.36. The van der Waals surface area contributed by atoms with E-state index < -0.39 is 0 Å². The molecule has 0 spiro atoms. The Kier molecular flexibility index (Phi) is 4.58. The van der Waals surface area contributed by atoms with Crippen molar-refractivity contribution < 1.29 is 9.53 Å². The summed E-state index contributed by atoms with van der Waals surface area (Å²) in [7, 11) is 3.53. The van der Waals surface area contributed by atoms with Gasteiger partial charge in [0.2, 0.25) is 16.9 Å². The zero-order chi connectivity index (χ0) is 16.4. The summed E-state index contributed by atoms with van der Waals surface area (Å²) in [6.45, 7) is 3.18. The van der Waals surface area contributed by atoms with E-state index in [-0.39, 0.29) is 11.9 Å². The van der Waals surface area contributed by atoms with Crippen molar-refractivity contribution in [3.05, 3.63) is 16.8 Å². The molecule has 0 aromatic carbocycles. The molecule has 23 heavy (non-hydrogen) atoms. The highest BCUT2D eigenvalue weighted by atomic mass is 32.1. The van der Waals surface area contributed by atoms with Crippen molar-refractivity contribution in [2.75, 3.05) is 25.5 Å². The van der Waals surface area contributed by atoms with Gasteiger partial charge in [0.05, 0.1) is 24.9 Å². The van der Waals surface area contributed by atoms with Crippen LogP contribution in [0.4, 0.5) is 5.13 Å². The van der Waals surface area contributed by atoms with Crippen LogP contribution >= 0.6 is 11.3 Å². The summed E-state index contributed by atoms with van der Waals surface area (Å²) in [6, 6.07) is 0.152. The molecular formula is C14H20N6O2S. The third-order valence-corrected chi connectivity index (χ3v) is 4.66. The maximum Gasteiger partial charge on any atom is 0.240 e. The van der Waals surface area contributed by atoms with Crippen molar-refractivity contribution in [3.63, 3.8) is 0 Å². The molecule has 9 heteroatoms. The first kappa shape index (κ1) is 15.9. The number of anilines is 1. The molecule has 1 fully saturated rings. The Balaban J connectivity index is 1.74. The van der Waals surface area contributed by atoms with Crippen LogP contribution in [0.25, 0.3) is 0 Å². The summed E-state index contributed by atoms with van der Waals surface area (Å²) in [4.78, 5) is 14.4. The molecule has 1 N–H and O–H groups in total. The molecule has 1 aliphatic heterocycles. The highest BCUT2D eigenvalue weighted by Gasteiger charge is 2.33. The molecule has 2 aromatic heterocycles. The number of rotatable bonds is 5. The van der Waals surface area contributed by atoms with Gasteiger partial charge in [-0.15, -0.1) is 10.2 Å². The van der Waals surface area contributed by atoms with Gasteiger partial charge in [-0.05, 0) is 26.3 Å². The van der Waals surface area contributed by atoms with Gasteiger partial charge in [0.25, 0.3) is 0 Å². The Morgan fingerprint density at radius 1 is 1.57 bits per heavy atom. The Bertz CT molecular complexity index is 684. The summed E-state index contributed by atoms with van der Waals surface area (Å²) in [5, 5.41) is 15.3. The van der Waals surface area contributed by atoms with Gasteiger partial charge in [0.1, 0.15) is 5.51 Å². The lowest BCUT2D eigenvalue weighted by Crippen LogP contribution is -2.33. The van der Waals surface area contributed by atoms with Crippen LogP contribution < -0.4 is 10.1 Å². The predicted molar refractivity (Wildman–Crippen MR) is 86.6 cm³/mol. The number of aromatic nitrogens is 4. The van der Waals surface area contributed by atoms with E-state index in [4.69, 9.17) is 4.74 Å². The molecule has 1 atom stereocenters. The second kappa shape index (κ2) is 6.63. The molecule has 3 rings (SSSR count). The molecule has 0 unspecified atom stereocenters. The number of aryl methyl sites for hydroxylation is 2. The van der Waals surface area contributed by atoms with Crippen LogP contribution in [0.15, 0.2) is 5.51 Å². The third kappa shape index (κ3) is 3.20. The molecule has 0 saturated carbocycles. The summed E-state index contributed by atoms with van der Waals surface area (Å²) in [6.07, 6.45) is 2.04. The highest BCUT2D eigenvalue weighted by molar-refractivity contribution is 7.13. The summed E-state index contributed by atoms with van der Waals surface area (Å²) < 4.78 is 7.26. The van der Waals surface area contributed by atoms with E-state index >= 15 is 0 Å². The number of nitrogens with one attached hydrogen (secondary N) is 1. The van der Waals surface area contributed by atoms with E-state index in [1.165, 1.54) is 11.3 Å². The Morgan fingerprint density at radius 2 is 2.39 bits per heavy atom. The van der Waals surface area contributed by atoms with E-state index in [1.54, 1.807) is 17.3 Å². The Hall–Kier alpha value is -2.00. The Labute approximate surface area is 138 Å². The van der Waals surface area contributed by atoms with Gasteiger partial charge in [-0.1, -0.05) is 11.3 Å². The van der Waals surface area contributed by atoms with Crippen molar-refractivity contribution in [3.8, 4) is 5.88 Å². The van der Waals surface area contributed by atoms with Crippen LogP contribution in [-0.4, -0.2) is 51.0 Å². The molecule has 0 bridgehead atoms. The first-order valence-electron chi connectivity index (χ1n) is 7.47. The third-order valence-electron chi connectivity index (χ3n) is 4.06. The van der Waals surface area contributed by atoms with Crippen LogP contribution in [-0.2, 0) is 11.8 Å². The second-order valence-corrected chi connectivity index (χ2v) is 6.39. The lowest BCUT2D eigenvalue weighted by atomic mass is 10.1. The average molecular weight is 336 g/mol. The van der Waals surface area contributed by atoms with E-state index in [1.807, 2.05) is 14.0 Å². The molecule has 1 aliphatic rings. The number of carbonyl (C=O) groups excluding carboxylic acids is 1. The van der Waals surface area contributed by atoms with Crippen molar-refractivity contribution in [1.29, 1.82) is 0 Å². The van der Waals surface area contributed by atoms with E-state index in [0.717, 1.165) is 36.5 Å². The van der Waals surface area contributed by atoms with Gasteiger partial charge in [0, 0.05) is 13.1 Å². The van der Waals surface area contributed by atoms with Gasteiger partial charge in [-0.3, -0.25) is 15.0 Å². The fourth-order valence-electron chi connectivity index (χ4n) is 3.19. The van der Waals surface area contributed by atoms with Gasteiger partial charge in [-0.2, -0.15) is 5.10 Å². The zero-order valence-corrected chi connectivity index (χ0v) is 14.3. The fraction of sp³-hybridized carbons (Fsp3) is 0.571. The van der Waals surface area contributed by atoms with Crippen LogP contribution in [0.5, 0.6) is 5.88 Å². The molecule has 3 heterocycles. The topological polar surface area (TPSA) is 85.2 Å². The van der Waals surface area contributed by atoms with E-state index in [9.17, 15) is 4.79 Å². The van der Waals surface area contributed by atoms with Crippen molar-refractivity contribution in [2.24, 2.45) is 7.05 Å². The van der Waals surface area contributed by atoms with Crippen molar-refractivity contribution >= 4 is 22.4 Å². The quantitative estimate of drug-likeness (QED) is 0.887. The van der Waals surface area contributed by atoms with Gasteiger partial charge in [0.15, 0.2) is 0 Å². The fourth-order valence-corrected chi connectivity index (χ4v) is 3.65. The van der Waals surface area contributed by atoms with E-state index in [0.29, 0.717) is 11.7 Å². The lowest BCUT2D eigenvalue weighted by Gasteiger charge is -2.24. The normalized spacial score (nSPS) is 18.3. The van der Waals surface area contributed by atoms with Gasteiger partial charge < -0.3 is 4.74 Å². The van der Waals surface area contributed by atoms with Crippen LogP contribution in [0, 0.1) is 6.92 Å². The minimum atomic E-state index is -0.0749. The number of nitrogens with zero attached hydrogens (tertiary/aromatic N) is 5. The summed E-state index contributed by atoms with van der Waals surface area (Å²) >= 11 is 1.31. The average Bonchev–Trinajstić information content (AvgIpc) is 3.20. The monoisotopic (exact) mass is 336 g/mol. The molecular weight excluding hydrogens is 316 g/mol. The van der Waals surface area contributed by atoms with E-state index in [2.05, 4.69) is 25.5 Å². The standard InChI is InChI=1S/C14H20N6O2S/c1-9-12(13(22-3)19(2)18-9)10-5-4-6-20(10)7-11(21)16-14-17-15-8-23-14/h8,10H,4-7H2,1-3H3,(H,16,17,21)/t10-/m1/s1. The summed E-state index contributed by atoms with van der Waals surface area (Å²) in [5.41, 5.74) is 3.62. The second-order valence-electron chi connectivity index (χ2n) is 5.55. The molecule has 8 nitrogen and oxygen atoms in total. The number of hydrogen-bond acceptors (Lipinski definition) is 7. The number of likely N-dealkylation sites (tertiary alicyclic amines) is 1. The number of methoxy groups -OCH3 is 1.